The molecule has 8 nitrogen and oxygen atoms in total. The molecule has 1 aromatic heterocycles. The number of likely N-dealkylation sites (N-methyl/N-ethyl adjacent to an activating group) is 1. The van der Waals surface area contributed by atoms with Gasteiger partial charge in [-0.2, -0.15) is 0 Å². The summed E-state index contributed by atoms with van der Waals surface area (Å²) in [5.74, 6) is 0.980. The van der Waals surface area contributed by atoms with Crippen LogP contribution in [-0.4, -0.2) is 77.0 Å². The van der Waals surface area contributed by atoms with Gasteiger partial charge in [-0.1, -0.05) is 12.1 Å². The number of imidazole rings is 1. The summed E-state index contributed by atoms with van der Waals surface area (Å²) in [4.78, 5) is 36.9. The van der Waals surface area contributed by atoms with Crippen molar-refractivity contribution in [2.45, 2.75) is 31.2 Å². The van der Waals surface area contributed by atoms with Gasteiger partial charge in [-0.15, -0.1) is 0 Å². The summed E-state index contributed by atoms with van der Waals surface area (Å²) in [6.45, 7) is 3.35. The standard InChI is InChI=1S/C20H28N6O2/c1-25-12-4-10-21-18(27)20(25)8-13-26(14-9-20)19(28)22-11-7-17-23-15-5-2-3-6-16(15)24-17/h2-3,5-6H,4,7-14H2,1H3,(H,21,27)(H,22,28)(H,23,24). The normalized spacial score (nSPS) is 20.2. The van der Waals surface area contributed by atoms with Crippen molar-refractivity contribution in [1.82, 2.24) is 30.4 Å². The van der Waals surface area contributed by atoms with Gasteiger partial charge in [0.25, 0.3) is 0 Å². The fourth-order valence-corrected chi connectivity index (χ4v) is 4.28. The zero-order valence-corrected chi connectivity index (χ0v) is 16.3. The Bertz CT molecular complexity index is 822. The molecule has 2 aromatic rings. The molecule has 0 unspecified atom stereocenters. The molecule has 0 radical (unpaired) electrons. The molecule has 2 fully saturated rings. The van der Waals surface area contributed by atoms with Crippen LogP contribution < -0.4 is 10.6 Å². The number of nitrogens with zero attached hydrogens (tertiary/aromatic N) is 3. The molecule has 8 heteroatoms. The van der Waals surface area contributed by atoms with Crippen molar-refractivity contribution in [3.63, 3.8) is 0 Å². The summed E-state index contributed by atoms with van der Waals surface area (Å²) >= 11 is 0. The summed E-state index contributed by atoms with van der Waals surface area (Å²) in [7, 11) is 2.02. The van der Waals surface area contributed by atoms with E-state index in [4.69, 9.17) is 0 Å². The van der Waals surface area contributed by atoms with Crippen LogP contribution in [0.15, 0.2) is 24.3 Å². The monoisotopic (exact) mass is 384 g/mol. The lowest BCUT2D eigenvalue weighted by Crippen LogP contribution is -2.62. The quantitative estimate of drug-likeness (QED) is 0.739. The summed E-state index contributed by atoms with van der Waals surface area (Å²) in [5, 5.41) is 6.02. The minimum atomic E-state index is -0.471. The number of H-pyrrole nitrogens is 1. The second-order valence-electron chi connectivity index (χ2n) is 7.73. The highest BCUT2D eigenvalue weighted by atomic mass is 16.2. The number of fused-ring (bicyclic) bond motifs is 1. The van der Waals surface area contributed by atoms with Crippen LogP contribution in [0.4, 0.5) is 4.79 Å². The van der Waals surface area contributed by atoms with E-state index in [0.717, 1.165) is 36.4 Å². The number of benzene rings is 1. The first-order valence-electron chi connectivity index (χ1n) is 10.0. The van der Waals surface area contributed by atoms with Crippen LogP contribution in [0, 0.1) is 0 Å². The maximum atomic E-state index is 12.6. The van der Waals surface area contributed by atoms with E-state index in [0.29, 0.717) is 38.9 Å². The van der Waals surface area contributed by atoms with Gasteiger partial charge in [-0.3, -0.25) is 9.69 Å². The largest absolute Gasteiger partial charge is 0.354 e. The molecular formula is C20H28N6O2. The predicted octanol–water partition coefficient (Wildman–Crippen LogP) is 1.10. The molecule has 0 atom stereocenters. The van der Waals surface area contributed by atoms with Crippen molar-refractivity contribution >= 4 is 23.0 Å². The molecule has 0 bridgehead atoms. The zero-order chi connectivity index (χ0) is 19.6. The number of hydrogen-bond acceptors (Lipinski definition) is 4. The van der Waals surface area contributed by atoms with E-state index < -0.39 is 5.54 Å². The predicted molar refractivity (Wildman–Crippen MR) is 107 cm³/mol. The number of likely N-dealkylation sites (tertiary alicyclic amines) is 1. The smallest absolute Gasteiger partial charge is 0.317 e. The minimum Gasteiger partial charge on any atom is -0.354 e. The molecule has 3 heterocycles. The molecule has 0 saturated carbocycles. The molecular weight excluding hydrogens is 356 g/mol. The molecule has 0 aliphatic carbocycles. The average molecular weight is 384 g/mol. The topological polar surface area (TPSA) is 93.4 Å². The number of para-hydroxylation sites is 2. The average Bonchev–Trinajstić information content (AvgIpc) is 3.08. The maximum Gasteiger partial charge on any atom is 0.317 e. The number of carbonyl (C=O) groups excluding carboxylic acids is 2. The van der Waals surface area contributed by atoms with Gasteiger partial charge in [0.2, 0.25) is 5.91 Å². The number of aromatic amines is 1. The molecule has 3 N–H and O–H groups in total. The van der Waals surface area contributed by atoms with Crippen LogP contribution in [0.5, 0.6) is 0 Å². The Hall–Kier alpha value is -2.61. The van der Waals surface area contributed by atoms with Gasteiger partial charge in [0.05, 0.1) is 11.0 Å². The van der Waals surface area contributed by atoms with Crippen molar-refractivity contribution in [3.05, 3.63) is 30.1 Å². The van der Waals surface area contributed by atoms with Crippen molar-refractivity contribution < 1.29 is 9.59 Å². The number of nitrogens with one attached hydrogen (secondary N) is 3. The van der Waals surface area contributed by atoms with Crippen molar-refractivity contribution in [3.8, 4) is 0 Å². The second kappa shape index (κ2) is 7.79. The third kappa shape index (κ3) is 3.56. The lowest BCUT2D eigenvalue weighted by Gasteiger charge is -2.44. The summed E-state index contributed by atoms with van der Waals surface area (Å²) < 4.78 is 0. The zero-order valence-electron chi connectivity index (χ0n) is 16.3. The third-order valence-electron chi connectivity index (χ3n) is 6.06. The van der Waals surface area contributed by atoms with Gasteiger partial charge >= 0.3 is 6.03 Å². The van der Waals surface area contributed by atoms with Crippen LogP contribution in [0.1, 0.15) is 25.1 Å². The fourth-order valence-electron chi connectivity index (χ4n) is 4.28. The highest BCUT2D eigenvalue weighted by molar-refractivity contribution is 5.87. The van der Waals surface area contributed by atoms with Crippen molar-refractivity contribution in [2.24, 2.45) is 0 Å². The molecule has 3 amide bonds. The Balaban J connectivity index is 1.28. The molecule has 1 aromatic carbocycles. The SMILES string of the molecule is CN1CCCNC(=O)C12CCN(C(=O)NCCc1nc3ccccc3[nH]1)CC2. The highest BCUT2D eigenvalue weighted by Gasteiger charge is 2.46. The van der Waals surface area contributed by atoms with E-state index in [2.05, 4.69) is 25.5 Å². The van der Waals surface area contributed by atoms with E-state index >= 15 is 0 Å². The fraction of sp³-hybridized carbons (Fsp3) is 0.550. The van der Waals surface area contributed by atoms with Crippen LogP contribution >= 0.6 is 0 Å². The van der Waals surface area contributed by atoms with E-state index in [1.807, 2.05) is 36.2 Å². The minimum absolute atomic E-state index is 0.0670. The number of carbonyl (C=O) groups is 2. The van der Waals surface area contributed by atoms with Crippen molar-refractivity contribution in [1.29, 1.82) is 0 Å². The summed E-state index contributed by atoms with van der Waals surface area (Å²) in [6.07, 6.45) is 2.97. The van der Waals surface area contributed by atoms with E-state index in [1.165, 1.54) is 0 Å². The Labute approximate surface area is 164 Å². The Morgan fingerprint density at radius 3 is 2.82 bits per heavy atom. The first-order chi connectivity index (χ1) is 13.6. The number of hydrogen-bond donors (Lipinski definition) is 3. The van der Waals surface area contributed by atoms with Crippen LogP contribution in [0.3, 0.4) is 0 Å². The molecule has 2 aliphatic rings. The third-order valence-corrected chi connectivity index (χ3v) is 6.06. The second-order valence-corrected chi connectivity index (χ2v) is 7.73. The lowest BCUT2D eigenvalue weighted by molar-refractivity contribution is -0.134. The van der Waals surface area contributed by atoms with E-state index in [1.54, 1.807) is 0 Å². The molecule has 2 aliphatic heterocycles. The van der Waals surface area contributed by atoms with Gasteiger partial charge in [0.1, 0.15) is 11.4 Å². The van der Waals surface area contributed by atoms with Gasteiger partial charge in [-0.25, -0.2) is 9.78 Å². The molecule has 28 heavy (non-hydrogen) atoms. The molecule has 150 valence electrons. The first-order valence-corrected chi connectivity index (χ1v) is 10.0. The van der Waals surface area contributed by atoms with Crippen LogP contribution in [-0.2, 0) is 11.2 Å². The number of piperidine rings is 1. The van der Waals surface area contributed by atoms with Crippen molar-refractivity contribution in [2.75, 3.05) is 39.8 Å². The van der Waals surface area contributed by atoms with Crippen LogP contribution in [0.25, 0.3) is 11.0 Å². The Morgan fingerprint density at radius 2 is 2.04 bits per heavy atom. The van der Waals surface area contributed by atoms with Gasteiger partial charge < -0.3 is 20.5 Å². The van der Waals surface area contributed by atoms with Gasteiger partial charge in [-0.05, 0) is 38.4 Å². The maximum absolute atomic E-state index is 12.6. The Morgan fingerprint density at radius 1 is 1.25 bits per heavy atom. The van der Waals surface area contributed by atoms with Gasteiger partial charge in [0, 0.05) is 39.1 Å². The number of amides is 3. The number of urea groups is 1. The van der Waals surface area contributed by atoms with E-state index in [-0.39, 0.29) is 11.9 Å². The van der Waals surface area contributed by atoms with E-state index in [9.17, 15) is 9.59 Å². The lowest BCUT2D eigenvalue weighted by atomic mass is 9.85. The molecule has 4 rings (SSSR count). The molecule has 1 spiro atoms. The summed E-state index contributed by atoms with van der Waals surface area (Å²) in [6, 6.07) is 7.83. The molecule has 2 saturated heterocycles. The summed E-state index contributed by atoms with van der Waals surface area (Å²) in [5.41, 5.74) is 1.48. The van der Waals surface area contributed by atoms with Gasteiger partial charge in [0.15, 0.2) is 0 Å². The van der Waals surface area contributed by atoms with Crippen LogP contribution in [0.2, 0.25) is 0 Å². The first kappa shape index (κ1) is 18.7. The Kier molecular flexibility index (Phi) is 5.21. The highest BCUT2D eigenvalue weighted by Crippen LogP contribution is 2.29. The number of rotatable bonds is 3. The number of aromatic nitrogens is 2.